The fourth-order valence-corrected chi connectivity index (χ4v) is 2.55. The molecule has 0 aliphatic carbocycles. The van der Waals surface area contributed by atoms with Gasteiger partial charge >= 0.3 is 0 Å². The van der Waals surface area contributed by atoms with Gasteiger partial charge in [-0.1, -0.05) is 0 Å². The van der Waals surface area contributed by atoms with Crippen LogP contribution in [0.25, 0.3) is 0 Å². The molecule has 0 bridgehead atoms. The molecule has 0 heterocycles. The first-order valence-corrected chi connectivity index (χ1v) is 5.33. The van der Waals surface area contributed by atoms with Crippen molar-refractivity contribution in [3.05, 3.63) is 28.2 Å². The van der Waals surface area contributed by atoms with Crippen molar-refractivity contribution in [1.82, 2.24) is 0 Å². The Labute approximate surface area is 81.7 Å². The molecule has 1 aromatic carbocycles. The molecule has 0 amide bonds. The molecule has 2 N–H and O–H groups in total. The van der Waals surface area contributed by atoms with Crippen molar-refractivity contribution >= 4 is 26.0 Å². The Morgan fingerprint density at radius 2 is 1.85 bits per heavy atom. The Morgan fingerprint density at radius 1 is 1.31 bits per heavy atom. The molecule has 13 heavy (non-hydrogen) atoms. The molecule has 0 saturated heterocycles. The number of benzene rings is 1. The van der Waals surface area contributed by atoms with Crippen LogP contribution in [0.5, 0.6) is 0 Å². The third kappa shape index (κ3) is 2.23. The molecular formula is C6H4BrF2NO2S. The average Bonchev–Trinajstić information content (AvgIpc) is 1.78. The number of sulfonamides is 1. The van der Waals surface area contributed by atoms with Crippen LogP contribution in [0.3, 0.4) is 0 Å². The zero-order chi connectivity index (χ0) is 10.2. The van der Waals surface area contributed by atoms with Crippen LogP contribution in [0, 0.1) is 11.6 Å². The van der Waals surface area contributed by atoms with Crippen LogP contribution in [0.1, 0.15) is 0 Å². The Bertz CT molecular complexity index is 423. The van der Waals surface area contributed by atoms with Crippen molar-refractivity contribution in [2.24, 2.45) is 5.14 Å². The van der Waals surface area contributed by atoms with Crippen molar-refractivity contribution < 1.29 is 17.2 Å². The maximum atomic E-state index is 12.9. The fraction of sp³-hybridized carbons (Fsp3) is 0. The SMILES string of the molecule is NS(=O)(=O)c1c(F)cc(F)cc1Br. The standard InChI is InChI=1S/C6H4BrF2NO2S/c7-4-1-3(8)2-5(9)6(4)13(10,11)12/h1-2H,(H2,10,11,12). The molecule has 1 aromatic rings. The Morgan fingerprint density at radius 3 is 2.23 bits per heavy atom. The summed E-state index contributed by atoms with van der Waals surface area (Å²) >= 11 is 2.69. The smallest absolute Gasteiger partial charge is 0.224 e. The largest absolute Gasteiger partial charge is 0.242 e. The van der Waals surface area contributed by atoms with Crippen molar-refractivity contribution in [2.75, 3.05) is 0 Å². The number of nitrogens with two attached hydrogens (primary N) is 1. The average molecular weight is 272 g/mol. The van der Waals surface area contributed by atoms with Gasteiger partial charge in [-0.25, -0.2) is 22.3 Å². The predicted octanol–water partition coefficient (Wildman–Crippen LogP) is 1.37. The summed E-state index contributed by atoms with van der Waals surface area (Å²) in [6, 6.07) is 1.27. The molecule has 0 spiro atoms. The number of halogens is 3. The first kappa shape index (κ1) is 10.6. The molecule has 3 nitrogen and oxygen atoms in total. The van der Waals surface area contributed by atoms with Gasteiger partial charge in [0.2, 0.25) is 10.0 Å². The zero-order valence-electron chi connectivity index (χ0n) is 6.09. The summed E-state index contributed by atoms with van der Waals surface area (Å²) in [5, 5.41) is 4.69. The van der Waals surface area contributed by atoms with Crippen LogP contribution in [0.2, 0.25) is 0 Å². The van der Waals surface area contributed by atoms with Crippen molar-refractivity contribution in [1.29, 1.82) is 0 Å². The summed E-state index contributed by atoms with van der Waals surface area (Å²) in [4.78, 5) is -0.742. The zero-order valence-corrected chi connectivity index (χ0v) is 8.49. The van der Waals surface area contributed by atoms with Gasteiger partial charge in [0.15, 0.2) is 0 Å². The molecule has 7 heteroatoms. The molecule has 0 saturated carbocycles. The van der Waals surface area contributed by atoms with Gasteiger partial charge in [0.05, 0.1) is 0 Å². The molecular weight excluding hydrogens is 268 g/mol. The minimum absolute atomic E-state index is 0.229. The lowest BCUT2D eigenvalue weighted by molar-refractivity contribution is 0.547. The number of hydrogen-bond acceptors (Lipinski definition) is 2. The second-order valence-electron chi connectivity index (χ2n) is 2.24. The monoisotopic (exact) mass is 271 g/mol. The predicted molar refractivity (Wildman–Crippen MR) is 45.4 cm³/mol. The van der Waals surface area contributed by atoms with E-state index in [1.807, 2.05) is 0 Å². The van der Waals surface area contributed by atoms with Crippen molar-refractivity contribution in [3.8, 4) is 0 Å². The normalized spacial score (nSPS) is 11.7. The second-order valence-corrected chi connectivity index (χ2v) is 4.60. The lowest BCUT2D eigenvalue weighted by Gasteiger charge is -2.02. The molecule has 0 radical (unpaired) electrons. The number of primary sulfonamides is 1. The molecule has 0 aromatic heterocycles. The minimum atomic E-state index is -4.17. The van der Waals surface area contributed by atoms with E-state index in [1.165, 1.54) is 0 Å². The van der Waals surface area contributed by atoms with Crippen molar-refractivity contribution in [2.45, 2.75) is 4.90 Å². The molecule has 0 aliphatic rings. The van der Waals surface area contributed by atoms with E-state index in [1.54, 1.807) is 0 Å². The van der Waals surface area contributed by atoms with Crippen LogP contribution in [-0.2, 0) is 10.0 Å². The topological polar surface area (TPSA) is 60.2 Å². The van der Waals surface area contributed by atoms with Gasteiger partial charge in [-0.2, -0.15) is 0 Å². The molecule has 0 atom stereocenters. The fourth-order valence-electron chi connectivity index (χ4n) is 0.801. The molecule has 0 aliphatic heterocycles. The first-order valence-electron chi connectivity index (χ1n) is 2.99. The van der Waals surface area contributed by atoms with E-state index in [9.17, 15) is 17.2 Å². The highest BCUT2D eigenvalue weighted by molar-refractivity contribution is 9.10. The highest BCUT2D eigenvalue weighted by atomic mass is 79.9. The summed E-state index contributed by atoms with van der Waals surface area (Å²) in [6.07, 6.45) is 0. The number of rotatable bonds is 1. The van der Waals surface area contributed by atoms with Gasteiger partial charge in [-0.3, -0.25) is 0 Å². The highest BCUT2D eigenvalue weighted by Crippen LogP contribution is 2.24. The van der Waals surface area contributed by atoms with E-state index >= 15 is 0 Å². The lowest BCUT2D eigenvalue weighted by Crippen LogP contribution is -2.15. The lowest BCUT2D eigenvalue weighted by atomic mass is 10.3. The molecule has 72 valence electrons. The summed E-state index contributed by atoms with van der Waals surface area (Å²) in [5.41, 5.74) is 0. The van der Waals surface area contributed by atoms with Gasteiger partial charge < -0.3 is 0 Å². The molecule has 0 unspecified atom stereocenters. The van der Waals surface area contributed by atoms with Crippen LogP contribution in [0.15, 0.2) is 21.5 Å². The van der Waals surface area contributed by atoms with E-state index in [0.717, 1.165) is 6.07 Å². The summed E-state index contributed by atoms with van der Waals surface area (Å²) in [6.45, 7) is 0. The Kier molecular flexibility index (Phi) is 2.69. The summed E-state index contributed by atoms with van der Waals surface area (Å²) in [7, 11) is -4.17. The van der Waals surface area contributed by atoms with Crippen LogP contribution >= 0.6 is 15.9 Å². The van der Waals surface area contributed by atoms with E-state index in [2.05, 4.69) is 21.1 Å². The minimum Gasteiger partial charge on any atom is -0.224 e. The van der Waals surface area contributed by atoms with Crippen LogP contribution in [0.4, 0.5) is 8.78 Å². The maximum Gasteiger partial charge on any atom is 0.242 e. The second kappa shape index (κ2) is 3.32. The van der Waals surface area contributed by atoms with E-state index in [-0.39, 0.29) is 4.47 Å². The van der Waals surface area contributed by atoms with E-state index in [4.69, 9.17) is 0 Å². The van der Waals surface area contributed by atoms with Crippen molar-refractivity contribution in [3.63, 3.8) is 0 Å². The third-order valence-corrected chi connectivity index (χ3v) is 3.12. The van der Waals surface area contributed by atoms with Gasteiger partial charge in [-0.05, 0) is 22.0 Å². The first-order chi connectivity index (χ1) is 5.82. The third-order valence-electron chi connectivity index (χ3n) is 1.25. The quantitative estimate of drug-likeness (QED) is 0.839. The van der Waals surface area contributed by atoms with E-state index in [0.29, 0.717) is 6.07 Å². The molecule has 0 fully saturated rings. The maximum absolute atomic E-state index is 12.9. The molecule has 1 rings (SSSR count). The highest BCUT2D eigenvalue weighted by Gasteiger charge is 2.19. The summed E-state index contributed by atoms with van der Waals surface area (Å²) in [5.74, 6) is -2.09. The van der Waals surface area contributed by atoms with Gasteiger partial charge in [0.1, 0.15) is 16.5 Å². The van der Waals surface area contributed by atoms with Gasteiger partial charge in [0, 0.05) is 10.5 Å². The Hall–Kier alpha value is -0.530. The van der Waals surface area contributed by atoms with Crippen LogP contribution < -0.4 is 5.14 Å². The van der Waals surface area contributed by atoms with Crippen LogP contribution in [-0.4, -0.2) is 8.42 Å². The van der Waals surface area contributed by atoms with Gasteiger partial charge in [-0.15, -0.1) is 0 Å². The van der Waals surface area contributed by atoms with Gasteiger partial charge in [0.25, 0.3) is 0 Å². The number of hydrogen-bond donors (Lipinski definition) is 1. The van der Waals surface area contributed by atoms with E-state index < -0.39 is 26.6 Å². The summed E-state index contributed by atoms with van der Waals surface area (Å²) < 4.78 is 46.7. The Balaban J connectivity index is 3.57.